The number of benzene rings is 1. The van der Waals surface area contributed by atoms with Crippen molar-refractivity contribution < 1.29 is 14.2 Å². The Hall–Kier alpha value is -1.95. The van der Waals surface area contributed by atoms with Crippen LogP contribution in [-0.4, -0.2) is 46.5 Å². The first-order valence-corrected chi connectivity index (χ1v) is 8.07. The summed E-state index contributed by atoms with van der Waals surface area (Å²) in [7, 11) is 3.41. The third-order valence-electron chi connectivity index (χ3n) is 3.17. The highest BCUT2D eigenvalue weighted by atomic mass is 16.5. The number of nitrogens with one attached hydrogen (secondary N) is 2. The fraction of sp³-hybridized carbons (Fsp3) is 0.588. The predicted molar refractivity (Wildman–Crippen MR) is 93.5 cm³/mol. The van der Waals surface area contributed by atoms with E-state index in [0.717, 1.165) is 49.2 Å². The molecule has 0 bridgehead atoms. The van der Waals surface area contributed by atoms with Gasteiger partial charge in [-0.25, -0.2) is 0 Å². The zero-order chi connectivity index (χ0) is 16.9. The van der Waals surface area contributed by atoms with Gasteiger partial charge in [0.1, 0.15) is 0 Å². The summed E-state index contributed by atoms with van der Waals surface area (Å²) in [6, 6.07) is 5.92. The summed E-state index contributed by atoms with van der Waals surface area (Å²) in [6.45, 7) is 7.57. The molecule has 0 radical (unpaired) electrons. The summed E-state index contributed by atoms with van der Waals surface area (Å²) in [5.74, 6) is 2.28. The fourth-order valence-electron chi connectivity index (χ4n) is 2.03. The molecule has 1 aromatic carbocycles. The van der Waals surface area contributed by atoms with Crippen LogP contribution in [0.4, 0.5) is 0 Å². The Bertz CT molecular complexity index is 478. The molecule has 6 nitrogen and oxygen atoms in total. The minimum atomic E-state index is 0.617. The number of hydrogen-bond acceptors (Lipinski definition) is 4. The average molecular weight is 323 g/mol. The van der Waals surface area contributed by atoms with Crippen LogP contribution < -0.4 is 20.1 Å². The molecule has 0 unspecified atom stereocenters. The molecule has 1 aromatic rings. The van der Waals surface area contributed by atoms with Gasteiger partial charge in [0.2, 0.25) is 0 Å². The van der Waals surface area contributed by atoms with E-state index in [9.17, 15) is 0 Å². The van der Waals surface area contributed by atoms with Crippen molar-refractivity contribution in [3.8, 4) is 11.5 Å². The van der Waals surface area contributed by atoms with E-state index in [1.165, 1.54) is 0 Å². The van der Waals surface area contributed by atoms with Gasteiger partial charge in [-0.2, -0.15) is 0 Å². The highest BCUT2D eigenvalue weighted by molar-refractivity contribution is 5.79. The van der Waals surface area contributed by atoms with Gasteiger partial charge in [0.25, 0.3) is 0 Å². The molecule has 0 aliphatic rings. The number of aliphatic imine (C=N–C) groups is 1. The lowest BCUT2D eigenvalue weighted by atomic mass is 10.2. The maximum absolute atomic E-state index is 5.52. The molecule has 0 saturated carbocycles. The first-order valence-electron chi connectivity index (χ1n) is 8.07. The molecule has 0 aliphatic carbocycles. The molecule has 0 aliphatic heterocycles. The normalized spacial score (nSPS) is 11.2. The molecule has 0 saturated heterocycles. The van der Waals surface area contributed by atoms with E-state index >= 15 is 0 Å². The minimum absolute atomic E-state index is 0.617. The summed E-state index contributed by atoms with van der Waals surface area (Å²) in [5.41, 5.74) is 1.10. The average Bonchev–Trinajstić information content (AvgIpc) is 2.58. The van der Waals surface area contributed by atoms with Gasteiger partial charge in [-0.3, -0.25) is 4.99 Å². The summed E-state index contributed by atoms with van der Waals surface area (Å²) >= 11 is 0. The van der Waals surface area contributed by atoms with Gasteiger partial charge in [0.05, 0.1) is 13.7 Å². The largest absolute Gasteiger partial charge is 0.493 e. The first kappa shape index (κ1) is 19.1. The van der Waals surface area contributed by atoms with Gasteiger partial charge in [0.15, 0.2) is 17.5 Å². The maximum Gasteiger partial charge on any atom is 0.191 e. The Kier molecular flexibility index (Phi) is 9.63. The van der Waals surface area contributed by atoms with Gasteiger partial charge >= 0.3 is 0 Å². The van der Waals surface area contributed by atoms with E-state index in [1.54, 1.807) is 14.2 Å². The Balaban J connectivity index is 2.46. The molecular formula is C17H29N3O3. The monoisotopic (exact) mass is 323 g/mol. The van der Waals surface area contributed by atoms with Crippen molar-refractivity contribution in [1.82, 2.24) is 10.6 Å². The maximum atomic E-state index is 5.52. The molecule has 1 rings (SSSR count). The van der Waals surface area contributed by atoms with Crippen LogP contribution in [0.2, 0.25) is 0 Å². The second kappa shape index (κ2) is 11.6. The number of guanidine groups is 1. The Morgan fingerprint density at radius 1 is 1.13 bits per heavy atom. The summed E-state index contributed by atoms with van der Waals surface area (Å²) in [6.07, 6.45) is 0.950. The number of methoxy groups -OCH3 is 1. The Labute approximate surface area is 139 Å². The third-order valence-corrected chi connectivity index (χ3v) is 3.17. The minimum Gasteiger partial charge on any atom is -0.493 e. The van der Waals surface area contributed by atoms with Crippen molar-refractivity contribution in [2.45, 2.75) is 26.8 Å². The molecule has 23 heavy (non-hydrogen) atoms. The molecule has 0 heterocycles. The van der Waals surface area contributed by atoms with E-state index < -0.39 is 0 Å². The lowest BCUT2D eigenvalue weighted by Crippen LogP contribution is -2.37. The van der Waals surface area contributed by atoms with Crippen LogP contribution in [0.3, 0.4) is 0 Å². The van der Waals surface area contributed by atoms with E-state index in [-0.39, 0.29) is 0 Å². The lowest BCUT2D eigenvalue weighted by Gasteiger charge is -2.14. The molecule has 130 valence electrons. The molecule has 0 fully saturated rings. The zero-order valence-corrected chi connectivity index (χ0v) is 14.6. The van der Waals surface area contributed by atoms with Gasteiger partial charge in [0, 0.05) is 33.4 Å². The number of ether oxygens (including phenoxy) is 3. The molecule has 0 aromatic heterocycles. The van der Waals surface area contributed by atoms with Crippen LogP contribution in [0.25, 0.3) is 0 Å². The highest BCUT2D eigenvalue weighted by Crippen LogP contribution is 2.27. The zero-order valence-electron chi connectivity index (χ0n) is 14.6. The van der Waals surface area contributed by atoms with E-state index in [0.29, 0.717) is 13.2 Å². The number of nitrogens with zero attached hydrogens (tertiary/aromatic N) is 1. The van der Waals surface area contributed by atoms with Gasteiger partial charge in [-0.1, -0.05) is 6.07 Å². The quantitative estimate of drug-likeness (QED) is 0.392. The van der Waals surface area contributed by atoms with E-state index in [2.05, 4.69) is 15.6 Å². The Morgan fingerprint density at radius 2 is 1.96 bits per heavy atom. The lowest BCUT2D eigenvalue weighted by molar-refractivity contribution is 0.145. The van der Waals surface area contributed by atoms with Crippen LogP contribution in [0.5, 0.6) is 11.5 Å². The van der Waals surface area contributed by atoms with Crippen LogP contribution in [0, 0.1) is 0 Å². The molecular weight excluding hydrogens is 294 g/mol. The van der Waals surface area contributed by atoms with Crippen molar-refractivity contribution in [2.75, 3.05) is 40.5 Å². The van der Waals surface area contributed by atoms with Crippen molar-refractivity contribution in [1.29, 1.82) is 0 Å². The van der Waals surface area contributed by atoms with Crippen molar-refractivity contribution >= 4 is 5.96 Å². The first-order chi connectivity index (χ1) is 11.2. The van der Waals surface area contributed by atoms with Crippen LogP contribution in [0.15, 0.2) is 23.2 Å². The van der Waals surface area contributed by atoms with E-state index in [4.69, 9.17) is 14.2 Å². The molecule has 6 heteroatoms. The van der Waals surface area contributed by atoms with Crippen LogP contribution >= 0.6 is 0 Å². The second-order valence-corrected chi connectivity index (χ2v) is 4.82. The highest BCUT2D eigenvalue weighted by Gasteiger charge is 2.06. The van der Waals surface area contributed by atoms with Crippen LogP contribution in [0.1, 0.15) is 25.8 Å². The number of rotatable bonds is 10. The predicted octanol–water partition coefficient (Wildman–Crippen LogP) is 2.19. The van der Waals surface area contributed by atoms with Gasteiger partial charge < -0.3 is 24.8 Å². The third kappa shape index (κ3) is 7.23. The topological polar surface area (TPSA) is 64.1 Å². The van der Waals surface area contributed by atoms with Gasteiger partial charge in [-0.05, 0) is 38.0 Å². The second-order valence-electron chi connectivity index (χ2n) is 4.82. The van der Waals surface area contributed by atoms with Crippen LogP contribution in [-0.2, 0) is 11.3 Å². The summed E-state index contributed by atoms with van der Waals surface area (Å²) in [5, 5.41) is 6.54. The fourth-order valence-corrected chi connectivity index (χ4v) is 2.03. The molecule has 0 atom stereocenters. The van der Waals surface area contributed by atoms with E-state index in [1.807, 2.05) is 32.0 Å². The van der Waals surface area contributed by atoms with Crippen molar-refractivity contribution in [3.63, 3.8) is 0 Å². The molecule has 0 spiro atoms. The van der Waals surface area contributed by atoms with Crippen molar-refractivity contribution in [3.05, 3.63) is 23.8 Å². The van der Waals surface area contributed by atoms with Crippen molar-refractivity contribution in [2.24, 2.45) is 4.99 Å². The smallest absolute Gasteiger partial charge is 0.191 e. The molecule has 0 amide bonds. The summed E-state index contributed by atoms with van der Waals surface area (Å²) < 4.78 is 16.2. The Morgan fingerprint density at radius 3 is 2.61 bits per heavy atom. The SMILES string of the molecule is CCOCCCNC(=NC)NCc1ccc(OCC)c(OC)c1. The summed E-state index contributed by atoms with van der Waals surface area (Å²) in [4.78, 5) is 4.21. The van der Waals surface area contributed by atoms with Gasteiger partial charge in [-0.15, -0.1) is 0 Å². The number of hydrogen-bond donors (Lipinski definition) is 2. The standard InChI is InChI=1S/C17H29N3O3/c1-5-22-11-7-10-19-17(18-3)20-13-14-8-9-15(23-6-2)16(12-14)21-4/h8-9,12H,5-7,10-11,13H2,1-4H3,(H2,18,19,20). The molecule has 2 N–H and O–H groups in total.